The van der Waals surface area contributed by atoms with Crippen molar-refractivity contribution in [2.24, 2.45) is 0 Å². The minimum absolute atomic E-state index is 0.189. The summed E-state index contributed by atoms with van der Waals surface area (Å²) in [6, 6.07) is 1.45. The van der Waals surface area contributed by atoms with Gasteiger partial charge in [-0.05, 0) is 39.8 Å². The van der Waals surface area contributed by atoms with E-state index < -0.39 is 0 Å². The zero-order valence-corrected chi connectivity index (χ0v) is 12.8. The van der Waals surface area contributed by atoms with Crippen LogP contribution in [-0.4, -0.2) is 30.3 Å². The SMILES string of the molecule is CCCNCc1cc(F)cnc1OCCOC(C)(C)C. The average molecular weight is 284 g/mol. The highest BCUT2D eigenvalue weighted by atomic mass is 19.1. The van der Waals surface area contributed by atoms with Crippen molar-refractivity contribution in [3.8, 4) is 5.88 Å². The quantitative estimate of drug-likeness (QED) is 0.745. The van der Waals surface area contributed by atoms with Crippen molar-refractivity contribution in [1.29, 1.82) is 0 Å². The number of hydrogen-bond acceptors (Lipinski definition) is 4. The summed E-state index contributed by atoms with van der Waals surface area (Å²) in [6.07, 6.45) is 2.20. The number of halogens is 1. The second kappa shape index (κ2) is 8.17. The van der Waals surface area contributed by atoms with E-state index in [4.69, 9.17) is 9.47 Å². The summed E-state index contributed by atoms with van der Waals surface area (Å²) in [4.78, 5) is 4.00. The molecule has 1 rings (SSSR count). The van der Waals surface area contributed by atoms with E-state index in [1.807, 2.05) is 20.8 Å². The van der Waals surface area contributed by atoms with E-state index in [9.17, 15) is 4.39 Å². The van der Waals surface area contributed by atoms with Gasteiger partial charge in [-0.1, -0.05) is 6.92 Å². The minimum atomic E-state index is -0.350. The highest BCUT2D eigenvalue weighted by Crippen LogP contribution is 2.16. The molecule has 0 aliphatic rings. The van der Waals surface area contributed by atoms with Crippen molar-refractivity contribution in [3.63, 3.8) is 0 Å². The number of rotatable bonds is 8. The highest BCUT2D eigenvalue weighted by molar-refractivity contribution is 5.26. The first-order valence-electron chi connectivity index (χ1n) is 7.04. The van der Waals surface area contributed by atoms with Crippen molar-refractivity contribution < 1.29 is 13.9 Å². The minimum Gasteiger partial charge on any atom is -0.475 e. The van der Waals surface area contributed by atoms with Gasteiger partial charge in [-0.25, -0.2) is 9.37 Å². The Morgan fingerprint density at radius 3 is 2.70 bits per heavy atom. The van der Waals surface area contributed by atoms with Crippen LogP contribution in [0.2, 0.25) is 0 Å². The lowest BCUT2D eigenvalue weighted by Gasteiger charge is -2.19. The maximum atomic E-state index is 13.2. The van der Waals surface area contributed by atoms with Crippen LogP contribution in [0.15, 0.2) is 12.3 Å². The van der Waals surface area contributed by atoms with E-state index in [1.54, 1.807) is 0 Å². The van der Waals surface area contributed by atoms with Crippen molar-refractivity contribution in [3.05, 3.63) is 23.6 Å². The highest BCUT2D eigenvalue weighted by Gasteiger charge is 2.11. The molecule has 0 aliphatic heterocycles. The molecule has 1 aromatic heterocycles. The van der Waals surface area contributed by atoms with E-state index in [2.05, 4.69) is 17.2 Å². The van der Waals surface area contributed by atoms with E-state index in [0.29, 0.717) is 25.6 Å². The number of nitrogens with zero attached hydrogens (tertiary/aromatic N) is 1. The van der Waals surface area contributed by atoms with Crippen molar-refractivity contribution in [2.75, 3.05) is 19.8 Å². The molecule has 0 atom stereocenters. The lowest BCUT2D eigenvalue weighted by molar-refractivity contribution is -0.0169. The molecule has 0 fully saturated rings. The Bertz CT molecular complexity index is 405. The predicted octanol–water partition coefficient (Wildman–Crippen LogP) is 2.91. The summed E-state index contributed by atoms with van der Waals surface area (Å²) >= 11 is 0. The van der Waals surface area contributed by atoms with Gasteiger partial charge in [0, 0.05) is 12.1 Å². The van der Waals surface area contributed by atoms with E-state index in [1.165, 1.54) is 12.3 Å². The predicted molar refractivity (Wildman–Crippen MR) is 77.4 cm³/mol. The second-order valence-corrected chi connectivity index (χ2v) is 5.60. The van der Waals surface area contributed by atoms with Gasteiger partial charge in [0.05, 0.1) is 18.4 Å². The number of nitrogens with one attached hydrogen (secondary N) is 1. The summed E-state index contributed by atoms with van der Waals surface area (Å²) in [5.74, 6) is 0.115. The smallest absolute Gasteiger partial charge is 0.218 e. The molecule has 0 saturated carbocycles. The second-order valence-electron chi connectivity index (χ2n) is 5.60. The monoisotopic (exact) mass is 284 g/mol. The van der Waals surface area contributed by atoms with Gasteiger partial charge in [0.15, 0.2) is 0 Å². The van der Waals surface area contributed by atoms with Gasteiger partial charge in [0.25, 0.3) is 0 Å². The molecule has 5 heteroatoms. The molecule has 0 amide bonds. The maximum Gasteiger partial charge on any atom is 0.218 e. The topological polar surface area (TPSA) is 43.4 Å². The summed E-state index contributed by atoms with van der Waals surface area (Å²) in [6.45, 7) is 10.4. The maximum absolute atomic E-state index is 13.2. The summed E-state index contributed by atoms with van der Waals surface area (Å²) in [5, 5.41) is 3.22. The van der Waals surface area contributed by atoms with Crippen LogP contribution in [0.1, 0.15) is 39.7 Å². The van der Waals surface area contributed by atoms with Crippen molar-refractivity contribution in [1.82, 2.24) is 10.3 Å². The van der Waals surface area contributed by atoms with Crippen molar-refractivity contribution in [2.45, 2.75) is 46.3 Å². The van der Waals surface area contributed by atoms with Crippen LogP contribution in [0, 0.1) is 5.82 Å². The first-order chi connectivity index (χ1) is 9.42. The molecule has 0 aliphatic carbocycles. The van der Waals surface area contributed by atoms with Gasteiger partial charge >= 0.3 is 0 Å². The molecule has 0 saturated heterocycles. The van der Waals surface area contributed by atoms with Crippen LogP contribution in [0.3, 0.4) is 0 Å². The third-order valence-corrected chi connectivity index (χ3v) is 2.49. The van der Waals surface area contributed by atoms with Gasteiger partial charge in [-0.3, -0.25) is 0 Å². The van der Waals surface area contributed by atoms with E-state index >= 15 is 0 Å². The van der Waals surface area contributed by atoms with Crippen LogP contribution in [0.5, 0.6) is 5.88 Å². The molecule has 20 heavy (non-hydrogen) atoms. The molecular formula is C15H25FN2O2. The van der Waals surface area contributed by atoms with Crippen LogP contribution in [0.25, 0.3) is 0 Å². The van der Waals surface area contributed by atoms with Gasteiger partial charge < -0.3 is 14.8 Å². The van der Waals surface area contributed by atoms with Crippen LogP contribution < -0.4 is 10.1 Å². The summed E-state index contributed by atoms with van der Waals surface area (Å²) in [7, 11) is 0. The first kappa shape index (κ1) is 16.9. The Hall–Kier alpha value is -1.20. The standard InChI is InChI=1S/C15H25FN2O2/c1-5-6-17-10-12-9-13(16)11-18-14(12)19-7-8-20-15(2,3)4/h9,11,17H,5-8,10H2,1-4H3. The third kappa shape index (κ3) is 6.82. The van der Waals surface area contributed by atoms with Gasteiger partial charge in [0.2, 0.25) is 5.88 Å². The Morgan fingerprint density at radius 2 is 2.05 bits per heavy atom. The molecule has 1 heterocycles. The molecule has 0 spiro atoms. The largest absolute Gasteiger partial charge is 0.475 e. The summed E-state index contributed by atoms with van der Waals surface area (Å²) < 4.78 is 24.4. The van der Waals surface area contributed by atoms with E-state index in [0.717, 1.165) is 18.5 Å². The Kier molecular flexibility index (Phi) is 6.88. The molecule has 0 unspecified atom stereocenters. The summed E-state index contributed by atoms with van der Waals surface area (Å²) in [5.41, 5.74) is 0.541. The molecule has 4 nitrogen and oxygen atoms in total. The van der Waals surface area contributed by atoms with Crippen LogP contribution in [-0.2, 0) is 11.3 Å². The lowest BCUT2D eigenvalue weighted by Crippen LogP contribution is -2.23. The van der Waals surface area contributed by atoms with Crippen LogP contribution >= 0.6 is 0 Å². The molecule has 114 valence electrons. The number of ether oxygens (including phenoxy) is 2. The van der Waals surface area contributed by atoms with Crippen LogP contribution in [0.4, 0.5) is 4.39 Å². The zero-order chi connectivity index (χ0) is 15.0. The average Bonchev–Trinajstić information content (AvgIpc) is 2.36. The fourth-order valence-electron chi connectivity index (χ4n) is 1.61. The molecule has 1 N–H and O–H groups in total. The number of aromatic nitrogens is 1. The Balaban J connectivity index is 2.51. The number of hydrogen-bond donors (Lipinski definition) is 1. The van der Waals surface area contributed by atoms with Gasteiger partial charge in [0.1, 0.15) is 12.4 Å². The Labute approximate surface area is 120 Å². The molecule has 1 aromatic rings. The normalized spacial score (nSPS) is 11.7. The molecule has 0 aromatic carbocycles. The van der Waals surface area contributed by atoms with Gasteiger partial charge in [-0.15, -0.1) is 0 Å². The van der Waals surface area contributed by atoms with Crippen molar-refractivity contribution >= 4 is 0 Å². The molecule has 0 radical (unpaired) electrons. The molecular weight excluding hydrogens is 259 g/mol. The van der Waals surface area contributed by atoms with Gasteiger partial charge in [-0.2, -0.15) is 0 Å². The third-order valence-electron chi connectivity index (χ3n) is 2.49. The fraction of sp³-hybridized carbons (Fsp3) is 0.667. The number of pyridine rings is 1. The zero-order valence-electron chi connectivity index (χ0n) is 12.8. The van der Waals surface area contributed by atoms with E-state index in [-0.39, 0.29) is 11.4 Å². The first-order valence-corrected chi connectivity index (χ1v) is 7.04. The lowest BCUT2D eigenvalue weighted by atomic mass is 10.2. The fourth-order valence-corrected chi connectivity index (χ4v) is 1.61. The molecule has 0 bridgehead atoms. The Morgan fingerprint density at radius 1 is 1.30 bits per heavy atom.